The number of carbonyl (C=O) groups is 2. The minimum absolute atomic E-state index is 0.0175. The van der Waals surface area contributed by atoms with Crippen LogP contribution in [0.1, 0.15) is 29.6 Å². The van der Waals surface area contributed by atoms with Gasteiger partial charge < -0.3 is 19.2 Å². The highest BCUT2D eigenvalue weighted by Crippen LogP contribution is 2.43. The number of nitrogens with one attached hydrogen (secondary N) is 1. The Hall–Kier alpha value is -3.09. The van der Waals surface area contributed by atoms with E-state index in [1.165, 1.54) is 0 Å². The van der Waals surface area contributed by atoms with Crippen molar-refractivity contribution in [2.45, 2.75) is 31.9 Å². The van der Waals surface area contributed by atoms with Gasteiger partial charge in [-0.05, 0) is 31.0 Å². The van der Waals surface area contributed by atoms with Crippen LogP contribution < -0.4 is 0 Å². The van der Waals surface area contributed by atoms with Crippen molar-refractivity contribution in [2.75, 3.05) is 13.1 Å². The summed E-state index contributed by atoms with van der Waals surface area (Å²) in [7, 11) is 0. The molecule has 2 fully saturated rings. The number of fused-ring (bicyclic) bond motifs is 1. The van der Waals surface area contributed by atoms with Crippen molar-refractivity contribution in [2.24, 2.45) is 5.41 Å². The molecule has 1 atom stereocenters. The van der Waals surface area contributed by atoms with Gasteiger partial charge in [-0.3, -0.25) is 9.59 Å². The van der Waals surface area contributed by atoms with Crippen LogP contribution in [-0.4, -0.2) is 50.5 Å². The smallest absolute Gasteiger partial charge is 0.312 e. The van der Waals surface area contributed by atoms with Crippen molar-refractivity contribution in [3.8, 4) is 0 Å². The summed E-state index contributed by atoms with van der Waals surface area (Å²) in [6, 6.07) is 9.74. The van der Waals surface area contributed by atoms with E-state index in [0.717, 1.165) is 11.0 Å². The van der Waals surface area contributed by atoms with Crippen molar-refractivity contribution in [3.05, 3.63) is 54.6 Å². The summed E-state index contributed by atoms with van der Waals surface area (Å²) in [5.74, 6) is -0.0976. The van der Waals surface area contributed by atoms with Crippen molar-refractivity contribution in [1.29, 1.82) is 0 Å². The Kier molecular flexibility index (Phi) is 3.96. The van der Waals surface area contributed by atoms with Crippen molar-refractivity contribution >= 4 is 22.9 Å². The van der Waals surface area contributed by atoms with Crippen LogP contribution in [0.4, 0.5) is 0 Å². The molecule has 1 unspecified atom stereocenters. The number of esters is 1. The molecule has 1 amide bonds. The molecule has 0 saturated carbocycles. The van der Waals surface area contributed by atoms with Crippen LogP contribution in [0, 0.1) is 5.41 Å². The number of rotatable bonds is 3. The predicted octanol–water partition coefficient (Wildman–Crippen LogP) is 2.60. The third-order valence-electron chi connectivity index (χ3n) is 6.11. The minimum Gasteiger partial charge on any atom is -0.460 e. The van der Waals surface area contributed by atoms with Gasteiger partial charge in [0.15, 0.2) is 0 Å². The standard InChI is InChI=1S/C21H22N4O3/c26-19(15-5-8-22-12-15)24-9-6-21(7-10-24)11-16(28-20(21)27)13-25-14-23-17-3-1-2-4-18(17)25/h1-5,8,12,14,16,22H,6-7,9-11,13H2. The Morgan fingerprint density at radius 2 is 2.07 bits per heavy atom. The predicted molar refractivity (Wildman–Crippen MR) is 103 cm³/mol. The van der Waals surface area contributed by atoms with E-state index < -0.39 is 5.41 Å². The number of nitrogens with zero attached hydrogens (tertiary/aromatic N) is 3. The lowest BCUT2D eigenvalue weighted by Crippen LogP contribution is -2.45. The zero-order valence-electron chi connectivity index (χ0n) is 15.5. The fraction of sp³-hybridized carbons (Fsp3) is 0.381. The van der Waals surface area contributed by atoms with Gasteiger partial charge in [0.25, 0.3) is 5.91 Å². The molecule has 1 aromatic carbocycles. The van der Waals surface area contributed by atoms with E-state index in [1.54, 1.807) is 18.5 Å². The first-order chi connectivity index (χ1) is 13.6. The molecular formula is C21H22N4O3. The first-order valence-electron chi connectivity index (χ1n) is 9.68. The molecule has 2 aliphatic heterocycles. The monoisotopic (exact) mass is 378 g/mol. The number of H-pyrrole nitrogens is 1. The van der Waals surface area contributed by atoms with E-state index in [-0.39, 0.29) is 18.0 Å². The van der Waals surface area contributed by atoms with Gasteiger partial charge in [0.05, 0.1) is 34.9 Å². The van der Waals surface area contributed by atoms with Crippen LogP contribution in [0.15, 0.2) is 49.1 Å². The van der Waals surface area contributed by atoms with Gasteiger partial charge in [-0.25, -0.2) is 4.98 Å². The second-order valence-corrected chi connectivity index (χ2v) is 7.79. The topological polar surface area (TPSA) is 80.2 Å². The maximum Gasteiger partial charge on any atom is 0.312 e. The lowest BCUT2D eigenvalue weighted by Gasteiger charge is -2.36. The number of hydrogen-bond donors (Lipinski definition) is 1. The Labute approximate surface area is 162 Å². The number of carbonyl (C=O) groups excluding carboxylic acids is 2. The molecule has 2 aliphatic rings. The van der Waals surface area contributed by atoms with Crippen LogP contribution in [-0.2, 0) is 16.1 Å². The Bertz CT molecular complexity index is 1020. The first-order valence-corrected chi connectivity index (χ1v) is 9.68. The number of para-hydroxylation sites is 2. The molecule has 0 radical (unpaired) electrons. The maximum atomic E-state index is 12.7. The average molecular weight is 378 g/mol. The lowest BCUT2D eigenvalue weighted by atomic mass is 9.76. The second-order valence-electron chi connectivity index (χ2n) is 7.79. The first kappa shape index (κ1) is 17.0. The number of imidazole rings is 1. The van der Waals surface area contributed by atoms with Gasteiger partial charge >= 0.3 is 5.97 Å². The summed E-state index contributed by atoms with van der Waals surface area (Å²) >= 11 is 0. The number of benzene rings is 1. The molecular weight excluding hydrogens is 356 g/mol. The lowest BCUT2D eigenvalue weighted by molar-refractivity contribution is -0.150. The average Bonchev–Trinajstić information content (AvgIpc) is 3.44. The zero-order chi connectivity index (χ0) is 19.1. The van der Waals surface area contributed by atoms with Crippen LogP contribution >= 0.6 is 0 Å². The summed E-state index contributed by atoms with van der Waals surface area (Å²) in [6.45, 7) is 1.78. The van der Waals surface area contributed by atoms with Crippen molar-refractivity contribution in [3.63, 3.8) is 0 Å². The summed E-state index contributed by atoms with van der Waals surface area (Å²) in [6.07, 6.45) is 7.12. The Morgan fingerprint density at radius 1 is 1.25 bits per heavy atom. The van der Waals surface area contributed by atoms with E-state index in [1.807, 2.05) is 35.5 Å². The summed E-state index contributed by atoms with van der Waals surface area (Å²) in [5, 5.41) is 0. The Balaban J connectivity index is 1.26. The van der Waals surface area contributed by atoms with E-state index in [4.69, 9.17) is 4.74 Å². The van der Waals surface area contributed by atoms with E-state index in [0.29, 0.717) is 44.5 Å². The van der Waals surface area contributed by atoms with Crippen LogP contribution in [0.25, 0.3) is 11.0 Å². The highest BCUT2D eigenvalue weighted by atomic mass is 16.6. The third kappa shape index (κ3) is 2.78. The molecule has 0 bridgehead atoms. The fourth-order valence-corrected chi connectivity index (χ4v) is 4.50. The van der Waals surface area contributed by atoms with E-state index in [9.17, 15) is 9.59 Å². The van der Waals surface area contributed by atoms with Gasteiger partial charge in [-0.2, -0.15) is 0 Å². The maximum absolute atomic E-state index is 12.7. The van der Waals surface area contributed by atoms with Crippen LogP contribution in [0.5, 0.6) is 0 Å². The van der Waals surface area contributed by atoms with Crippen LogP contribution in [0.3, 0.4) is 0 Å². The van der Waals surface area contributed by atoms with Crippen LogP contribution in [0.2, 0.25) is 0 Å². The largest absolute Gasteiger partial charge is 0.460 e. The fourth-order valence-electron chi connectivity index (χ4n) is 4.50. The number of hydrogen-bond acceptors (Lipinski definition) is 4. The molecule has 2 aromatic heterocycles. The minimum atomic E-state index is -0.462. The molecule has 7 heteroatoms. The molecule has 2 saturated heterocycles. The molecule has 7 nitrogen and oxygen atoms in total. The summed E-state index contributed by atoms with van der Waals surface area (Å²) in [5.41, 5.74) is 2.19. The van der Waals surface area contributed by atoms with Gasteiger partial charge in [-0.15, -0.1) is 0 Å². The molecule has 1 N–H and O–H groups in total. The summed E-state index contributed by atoms with van der Waals surface area (Å²) < 4.78 is 7.80. The molecule has 144 valence electrons. The number of aromatic nitrogens is 3. The van der Waals surface area contributed by atoms with Gasteiger partial charge in [0, 0.05) is 31.9 Å². The van der Waals surface area contributed by atoms with Gasteiger partial charge in [0.1, 0.15) is 6.10 Å². The number of aromatic amines is 1. The van der Waals surface area contributed by atoms with Gasteiger partial charge in [0.2, 0.25) is 0 Å². The highest BCUT2D eigenvalue weighted by molar-refractivity contribution is 5.94. The normalized spacial score (nSPS) is 21.4. The van der Waals surface area contributed by atoms with Crippen molar-refractivity contribution in [1.82, 2.24) is 19.4 Å². The molecule has 5 rings (SSSR count). The number of amides is 1. The summed E-state index contributed by atoms with van der Waals surface area (Å²) in [4.78, 5) is 34.4. The number of ether oxygens (including phenoxy) is 1. The SMILES string of the molecule is O=C(c1cc[nH]c1)N1CCC2(CC1)CC(Cn1cnc3ccccc31)OC2=O. The molecule has 4 heterocycles. The molecule has 1 spiro atoms. The molecule has 3 aromatic rings. The highest BCUT2D eigenvalue weighted by Gasteiger charge is 2.50. The number of piperidine rings is 1. The van der Waals surface area contributed by atoms with Gasteiger partial charge in [-0.1, -0.05) is 12.1 Å². The quantitative estimate of drug-likeness (QED) is 0.711. The van der Waals surface area contributed by atoms with E-state index in [2.05, 4.69) is 14.5 Å². The molecule has 0 aliphatic carbocycles. The third-order valence-corrected chi connectivity index (χ3v) is 6.11. The van der Waals surface area contributed by atoms with E-state index >= 15 is 0 Å². The number of cyclic esters (lactones) is 1. The second kappa shape index (κ2) is 6.51. The Morgan fingerprint density at radius 3 is 2.86 bits per heavy atom. The zero-order valence-corrected chi connectivity index (χ0v) is 15.5. The van der Waals surface area contributed by atoms with Crippen molar-refractivity contribution < 1.29 is 14.3 Å². The molecule has 28 heavy (non-hydrogen) atoms. The number of likely N-dealkylation sites (tertiary alicyclic amines) is 1.